The SMILES string of the molecule is COC(=O)CN(Cc1ccccc1C)C(=O)[C@@H](C)N1CCOCC1. The maximum atomic E-state index is 12.9. The van der Waals surface area contributed by atoms with Crippen LogP contribution in [0, 0.1) is 6.92 Å². The second-order valence-electron chi connectivity index (χ2n) is 6.02. The van der Waals surface area contributed by atoms with E-state index in [0.29, 0.717) is 19.8 Å². The zero-order valence-electron chi connectivity index (χ0n) is 14.7. The number of esters is 1. The quantitative estimate of drug-likeness (QED) is 0.732. The highest BCUT2D eigenvalue weighted by molar-refractivity contribution is 5.85. The van der Waals surface area contributed by atoms with Crippen molar-refractivity contribution in [3.8, 4) is 0 Å². The highest BCUT2D eigenvalue weighted by atomic mass is 16.5. The Labute approximate surface area is 143 Å². The van der Waals surface area contributed by atoms with Crippen LogP contribution in [0.3, 0.4) is 0 Å². The van der Waals surface area contributed by atoms with Gasteiger partial charge in [-0.1, -0.05) is 24.3 Å². The van der Waals surface area contributed by atoms with Crippen LogP contribution in [-0.2, 0) is 25.6 Å². The van der Waals surface area contributed by atoms with E-state index in [1.165, 1.54) is 7.11 Å². The van der Waals surface area contributed by atoms with Crippen molar-refractivity contribution in [3.05, 3.63) is 35.4 Å². The monoisotopic (exact) mass is 334 g/mol. The molecule has 0 spiro atoms. The molecule has 0 unspecified atom stereocenters. The first-order valence-corrected chi connectivity index (χ1v) is 8.25. The van der Waals surface area contributed by atoms with Crippen LogP contribution in [0.15, 0.2) is 24.3 Å². The van der Waals surface area contributed by atoms with E-state index in [1.54, 1.807) is 4.90 Å². The van der Waals surface area contributed by atoms with Gasteiger partial charge in [0.05, 0.1) is 26.4 Å². The maximum absolute atomic E-state index is 12.9. The van der Waals surface area contributed by atoms with Crippen LogP contribution in [0.4, 0.5) is 0 Å². The summed E-state index contributed by atoms with van der Waals surface area (Å²) < 4.78 is 10.1. The Morgan fingerprint density at radius 3 is 2.58 bits per heavy atom. The van der Waals surface area contributed by atoms with Gasteiger partial charge < -0.3 is 14.4 Å². The normalized spacial score (nSPS) is 16.5. The molecular formula is C18H26N2O4. The molecule has 1 aromatic rings. The molecule has 0 radical (unpaired) electrons. The minimum atomic E-state index is -0.411. The molecule has 0 saturated carbocycles. The van der Waals surface area contributed by atoms with Gasteiger partial charge in [-0.15, -0.1) is 0 Å². The fraction of sp³-hybridized carbons (Fsp3) is 0.556. The lowest BCUT2D eigenvalue weighted by Gasteiger charge is -2.34. The van der Waals surface area contributed by atoms with Crippen LogP contribution in [-0.4, -0.2) is 67.7 Å². The molecule has 1 amide bonds. The van der Waals surface area contributed by atoms with Crippen LogP contribution in [0.5, 0.6) is 0 Å². The van der Waals surface area contributed by atoms with E-state index in [2.05, 4.69) is 4.90 Å². The Morgan fingerprint density at radius 2 is 1.96 bits per heavy atom. The summed E-state index contributed by atoms with van der Waals surface area (Å²) in [6, 6.07) is 7.59. The zero-order chi connectivity index (χ0) is 17.5. The second kappa shape index (κ2) is 8.80. The van der Waals surface area contributed by atoms with E-state index < -0.39 is 5.97 Å². The molecule has 0 aliphatic carbocycles. The molecule has 24 heavy (non-hydrogen) atoms. The molecule has 1 heterocycles. The summed E-state index contributed by atoms with van der Waals surface area (Å²) >= 11 is 0. The van der Waals surface area contributed by atoms with Crippen molar-refractivity contribution in [2.24, 2.45) is 0 Å². The second-order valence-corrected chi connectivity index (χ2v) is 6.02. The fourth-order valence-electron chi connectivity index (χ4n) is 2.81. The number of benzene rings is 1. The molecule has 0 N–H and O–H groups in total. The Morgan fingerprint density at radius 1 is 1.29 bits per heavy atom. The Kier molecular flexibility index (Phi) is 6.75. The van der Waals surface area contributed by atoms with Crippen molar-refractivity contribution in [1.29, 1.82) is 0 Å². The van der Waals surface area contributed by atoms with Crippen molar-refractivity contribution in [1.82, 2.24) is 9.80 Å². The number of methoxy groups -OCH3 is 1. The lowest BCUT2D eigenvalue weighted by molar-refractivity contribution is -0.150. The fourth-order valence-corrected chi connectivity index (χ4v) is 2.81. The molecule has 1 aliphatic heterocycles. The number of morpholine rings is 1. The molecule has 6 heteroatoms. The molecule has 1 saturated heterocycles. The first-order valence-electron chi connectivity index (χ1n) is 8.25. The summed E-state index contributed by atoms with van der Waals surface area (Å²) in [5.74, 6) is -0.475. The van der Waals surface area contributed by atoms with Gasteiger partial charge in [0.25, 0.3) is 0 Å². The van der Waals surface area contributed by atoms with Crippen LogP contribution in [0.1, 0.15) is 18.1 Å². The number of carbonyl (C=O) groups is 2. The molecule has 1 fully saturated rings. The van der Waals surface area contributed by atoms with Gasteiger partial charge >= 0.3 is 5.97 Å². The van der Waals surface area contributed by atoms with Gasteiger partial charge in [-0.25, -0.2) is 0 Å². The van der Waals surface area contributed by atoms with E-state index in [0.717, 1.165) is 24.2 Å². The molecular weight excluding hydrogens is 308 g/mol. The van der Waals surface area contributed by atoms with Crippen LogP contribution in [0.2, 0.25) is 0 Å². The Hall–Kier alpha value is -1.92. The van der Waals surface area contributed by atoms with Gasteiger partial charge in [0.2, 0.25) is 5.91 Å². The molecule has 132 valence electrons. The number of nitrogens with zero attached hydrogens (tertiary/aromatic N) is 2. The van der Waals surface area contributed by atoms with Crippen molar-refractivity contribution in [2.75, 3.05) is 40.0 Å². The largest absolute Gasteiger partial charge is 0.468 e. The van der Waals surface area contributed by atoms with Crippen LogP contribution in [0.25, 0.3) is 0 Å². The molecule has 2 rings (SSSR count). The molecule has 1 aliphatic rings. The van der Waals surface area contributed by atoms with Gasteiger partial charge in [-0.05, 0) is 25.0 Å². The molecule has 0 bridgehead atoms. The topological polar surface area (TPSA) is 59.1 Å². The lowest BCUT2D eigenvalue weighted by Crippen LogP contribution is -2.51. The van der Waals surface area contributed by atoms with Gasteiger partial charge in [-0.3, -0.25) is 14.5 Å². The van der Waals surface area contributed by atoms with Crippen LogP contribution >= 0.6 is 0 Å². The average molecular weight is 334 g/mol. The number of carbonyl (C=O) groups excluding carboxylic acids is 2. The van der Waals surface area contributed by atoms with E-state index in [9.17, 15) is 9.59 Å². The number of hydrogen-bond donors (Lipinski definition) is 0. The summed E-state index contributed by atoms with van der Waals surface area (Å²) in [7, 11) is 1.34. The van der Waals surface area contributed by atoms with E-state index in [1.807, 2.05) is 38.1 Å². The molecule has 6 nitrogen and oxygen atoms in total. The van der Waals surface area contributed by atoms with Crippen molar-refractivity contribution < 1.29 is 19.1 Å². The predicted octanol–water partition coefficient (Wildman–Crippen LogP) is 1.22. The number of aryl methyl sites for hydroxylation is 1. The third-order valence-corrected chi connectivity index (χ3v) is 4.43. The third kappa shape index (κ3) is 4.79. The van der Waals surface area contributed by atoms with Crippen molar-refractivity contribution in [3.63, 3.8) is 0 Å². The first kappa shape index (κ1) is 18.4. The predicted molar refractivity (Wildman–Crippen MR) is 90.5 cm³/mol. The van der Waals surface area contributed by atoms with E-state index in [4.69, 9.17) is 9.47 Å². The van der Waals surface area contributed by atoms with E-state index in [-0.39, 0.29) is 18.5 Å². The molecule has 1 atom stereocenters. The number of amides is 1. The van der Waals surface area contributed by atoms with Crippen molar-refractivity contribution >= 4 is 11.9 Å². The highest BCUT2D eigenvalue weighted by Gasteiger charge is 2.28. The number of hydrogen-bond acceptors (Lipinski definition) is 5. The summed E-state index contributed by atoms with van der Waals surface area (Å²) in [4.78, 5) is 28.4. The Balaban J connectivity index is 2.13. The lowest BCUT2D eigenvalue weighted by atomic mass is 10.1. The van der Waals surface area contributed by atoms with Gasteiger partial charge in [-0.2, -0.15) is 0 Å². The third-order valence-electron chi connectivity index (χ3n) is 4.43. The summed E-state index contributed by atoms with van der Waals surface area (Å²) in [6.45, 7) is 6.95. The summed E-state index contributed by atoms with van der Waals surface area (Å²) in [5.41, 5.74) is 2.13. The summed E-state index contributed by atoms with van der Waals surface area (Å²) in [6.07, 6.45) is 0. The van der Waals surface area contributed by atoms with Gasteiger partial charge in [0.15, 0.2) is 0 Å². The average Bonchev–Trinajstić information content (AvgIpc) is 2.62. The molecule has 0 aromatic heterocycles. The Bertz CT molecular complexity index is 570. The zero-order valence-corrected chi connectivity index (χ0v) is 14.7. The highest BCUT2D eigenvalue weighted by Crippen LogP contribution is 2.14. The van der Waals surface area contributed by atoms with E-state index >= 15 is 0 Å². The standard InChI is InChI=1S/C18H26N2O4/c1-14-6-4-5-7-16(14)12-20(13-17(21)23-3)18(22)15(2)19-8-10-24-11-9-19/h4-7,15H,8-13H2,1-3H3/t15-/m1/s1. The number of rotatable bonds is 6. The smallest absolute Gasteiger partial charge is 0.325 e. The summed E-state index contributed by atoms with van der Waals surface area (Å²) in [5, 5.41) is 0. The van der Waals surface area contributed by atoms with Crippen LogP contribution < -0.4 is 0 Å². The number of ether oxygens (including phenoxy) is 2. The molecule has 1 aromatic carbocycles. The minimum absolute atomic E-state index is 0.0433. The first-order chi connectivity index (χ1) is 11.5. The van der Waals surface area contributed by atoms with Gasteiger partial charge in [0.1, 0.15) is 6.54 Å². The van der Waals surface area contributed by atoms with Gasteiger partial charge in [0, 0.05) is 19.6 Å². The maximum Gasteiger partial charge on any atom is 0.325 e. The van der Waals surface area contributed by atoms with Crippen molar-refractivity contribution in [2.45, 2.75) is 26.4 Å². The minimum Gasteiger partial charge on any atom is -0.468 e.